The summed E-state index contributed by atoms with van der Waals surface area (Å²) in [6.45, 7) is 1.81. The number of carboxylic acid groups (broad SMARTS) is 1. The van der Waals surface area contributed by atoms with Gasteiger partial charge < -0.3 is 15.3 Å². The van der Waals surface area contributed by atoms with E-state index in [0.717, 1.165) is 28.5 Å². The Kier molecular flexibility index (Phi) is 3.93. The molecule has 1 aliphatic rings. The molecule has 0 radical (unpaired) electrons. The molecular formula is C17H18N6O2. The Labute approximate surface area is 143 Å². The molecule has 3 N–H and O–H groups in total. The zero-order valence-corrected chi connectivity index (χ0v) is 13.5. The number of aromatic nitrogens is 4. The summed E-state index contributed by atoms with van der Waals surface area (Å²) in [6.07, 6.45) is 5.42. The highest BCUT2D eigenvalue weighted by Crippen LogP contribution is 2.23. The number of nitrogens with one attached hydrogen (secondary N) is 2. The Morgan fingerprint density at radius 3 is 3.04 bits per heavy atom. The summed E-state index contributed by atoms with van der Waals surface area (Å²) in [7, 11) is 0. The van der Waals surface area contributed by atoms with Crippen LogP contribution in [0.5, 0.6) is 0 Å². The normalized spacial score (nSPS) is 17.1. The Morgan fingerprint density at radius 2 is 2.28 bits per heavy atom. The predicted molar refractivity (Wildman–Crippen MR) is 93.3 cm³/mol. The second-order valence-electron chi connectivity index (χ2n) is 6.22. The second kappa shape index (κ2) is 6.39. The van der Waals surface area contributed by atoms with Crippen LogP contribution in [0.4, 0.5) is 10.7 Å². The molecule has 0 aliphatic carbocycles. The molecule has 1 amide bonds. The number of benzene rings is 1. The maximum absolute atomic E-state index is 11.0. The molecule has 8 nitrogen and oxygen atoms in total. The van der Waals surface area contributed by atoms with Gasteiger partial charge in [-0.05, 0) is 24.0 Å². The third-order valence-electron chi connectivity index (χ3n) is 4.52. The van der Waals surface area contributed by atoms with Gasteiger partial charge in [0.2, 0.25) is 5.95 Å². The van der Waals surface area contributed by atoms with Crippen LogP contribution < -0.4 is 5.32 Å². The van der Waals surface area contributed by atoms with Crippen LogP contribution in [-0.2, 0) is 0 Å². The molecule has 1 aliphatic heterocycles. The van der Waals surface area contributed by atoms with Crippen LogP contribution in [-0.4, -0.2) is 55.9 Å². The van der Waals surface area contributed by atoms with Crippen LogP contribution in [0.15, 0.2) is 36.8 Å². The minimum atomic E-state index is -0.851. The minimum absolute atomic E-state index is 0.285. The minimum Gasteiger partial charge on any atom is -0.465 e. The summed E-state index contributed by atoms with van der Waals surface area (Å²) in [4.78, 5) is 21.3. The lowest BCUT2D eigenvalue weighted by molar-refractivity contribution is 0.154. The van der Waals surface area contributed by atoms with E-state index in [1.54, 1.807) is 12.4 Å². The van der Waals surface area contributed by atoms with E-state index in [-0.39, 0.29) is 5.92 Å². The second-order valence-corrected chi connectivity index (χ2v) is 6.22. The molecular weight excluding hydrogens is 320 g/mol. The van der Waals surface area contributed by atoms with Crippen LogP contribution in [0.3, 0.4) is 0 Å². The zero-order chi connectivity index (χ0) is 17.2. The third-order valence-corrected chi connectivity index (χ3v) is 4.52. The molecule has 1 aromatic carbocycles. The number of hydrogen-bond acceptors (Lipinski definition) is 5. The van der Waals surface area contributed by atoms with Crippen molar-refractivity contribution < 1.29 is 9.90 Å². The number of aromatic amines is 1. The fourth-order valence-corrected chi connectivity index (χ4v) is 3.11. The van der Waals surface area contributed by atoms with Crippen molar-refractivity contribution in [1.82, 2.24) is 25.1 Å². The molecule has 1 saturated heterocycles. The highest BCUT2D eigenvalue weighted by Gasteiger charge is 2.25. The fourth-order valence-electron chi connectivity index (χ4n) is 3.11. The monoisotopic (exact) mass is 338 g/mol. The molecule has 0 bridgehead atoms. The van der Waals surface area contributed by atoms with E-state index in [1.807, 2.05) is 24.4 Å². The number of amides is 1. The molecule has 25 heavy (non-hydrogen) atoms. The number of likely N-dealkylation sites (tertiary alicyclic amines) is 1. The number of anilines is 1. The molecule has 1 unspecified atom stereocenters. The zero-order valence-electron chi connectivity index (χ0n) is 13.5. The largest absolute Gasteiger partial charge is 0.465 e. The Balaban J connectivity index is 1.48. The molecule has 3 heterocycles. The number of fused-ring (bicyclic) bond motifs is 1. The van der Waals surface area contributed by atoms with Gasteiger partial charge >= 0.3 is 6.09 Å². The summed E-state index contributed by atoms with van der Waals surface area (Å²) in [6, 6.07) is 6.01. The third kappa shape index (κ3) is 3.23. The highest BCUT2D eigenvalue weighted by atomic mass is 16.4. The van der Waals surface area contributed by atoms with Gasteiger partial charge in [-0.1, -0.05) is 12.1 Å². The molecule has 3 aromatic rings. The first-order valence-corrected chi connectivity index (χ1v) is 8.17. The van der Waals surface area contributed by atoms with Crippen molar-refractivity contribution in [3.63, 3.8) is 0 Å². The Hall–Kier alpha value is -3.16. The number of nitrogens with zero attached hydrogens (tertiary/aromatic N) is 4. The van der Waals surface area contributed by atoms with Crippen LogP contribution in [0, 0.1) is 5.92 Å². The van der Waals surface area contributed by atoms with Gasteiger partial charge in [0.25, 0.3) is 0 Å². The van der Waals surface area contributed by atoms with E-state index in [9.17, 15) is 4.79 Å². The molecule has 2 aromatic heterocycles. The topological polar surface area (TPSA) is 107 Å². The van der Waals surface area contributed by atoms with Gasteiger partial charge in [-0.15, -0.1) is 0 Å². The standard InChI is InChI=1S/C17H18N6O2/c24-17(25)23-4-3-11(10-23)6-18-16-19-7-13-2-1-12(5-15(13)22-16)14-8-20-21-9-14/h1-2,5,7-9,11H,3-4,6,10H2,(H,20,21)(H,24,25)(H,18,19,22). The van der Waals surface area contributed by atoms with E-state index in [0.29, 0.717) is 25.6 Å². The molecule has 4 rings (SSSR count). The lowest BCUT2D eigenvalue weighted by Crippen LogP contribution is -2.28. The van der Waals surface area contributed by atoms with E-state index in [1.165, 1.54) is 4.90 Å². The number of H-pyrrole nitrogens is 1. The van der Waals surface area contributed by atoms with E-state index < -0.39 is 6.09 Å². The van der Waals surface area contributed by atoms with E-state index in [4.69, 9.17) is 5.11 Å². The summed E-state index contributed by atoms with van der Waals surface area (Å²) >= 11 is 0. The number of carbonyl (C=O) groups is 1. The van der Waals surface area contributed by atoms with Gasteiger partial charge in [-0.25, -0.2) is 14.8 Å². The molecule has 0 saturated carbocycles. The van der Waals surface area contributed by atoms with Crippen molar-refractivity contribution >= 4 is 22.9 Å². The van der Waals surface area contributed by atoms with Crippen molar-refractivity contribution in [3.05, 3.63) is 36.8 Å². The van der Waals surface area contributed by atoms with Crippen molar-refractivity contribution in [2.45, 2.75) is 6.42 Å². The molecule has 1 fully saturated rings. The van der Waals surface area contributed by atoms with E-state index in [2.05, 4.69) is 25.5 Å². The Morgan fingerprint density at radius 1 is 1.36 bits per heavy atom. The smallest absolute Gasteiger partial charge is 0.407 e. The lowest BCUT2D eigenvalue weighted by Gasteiger charge is -2.13. The van der Waals surface area contributed by atoms with Crippen molar-refractivity contribution in [1.29, 1.82) is 0 Å². The van der Waals surface area contributed by atoms with Crippen molar-refractivity contribution in [3.8, 4) is 11.1 Å². The van der Waals surface area contributed by atoms with Crippen LogP contribution in [0.1, 0.15) is 6.42 Å². The van der Waals surface area contributed by atoms with Gasteiger partial charge in [0.15, 0.2) is 0 Å². The van der Waals surface area contributed by atoms with Gasteiger partial charge in [-0.2, -0.15) is 5.10 Å². The summed E-state index contributed by atoms with van der Waals surface area (Å²) in [5.41, 5.74) is 2.91. The van der Waals surface area contributed by atoms with Crippen molar-refractivity contribution in [2.75, 3.05) is 25.0 Å². The predicted octanol–water partition coefficient (Wildman–Crippen LogP) is 2.43. The molecule has 1 atom stereocenters. The number of rotatable bonds is 4. The first-order chi connectivity index (χ1) is 12.2. The summed E-state index contributed by atoms with van der Waals surface area (Å²) < 4.78 is 0. The van der Waals surface area contributed by atoms with Gasteiger partial charge in [0.1, 0.15) is 0 Å². The number of hydrogen-bond donors (Lipinski definition) is 3. The quantitative estimate of drug-likeness (QED) is 0.674. The van der Waals surface area contributed by atoms with Crippen LogP contribution >= 0.6 is 0 Å². The average Bonchev–Trinajstić information content (AvgIpc) is 3.31. The summed E-state index contributed by atoms with van der Waals surface area (Å²) in [5.74, 6) is 0.846. The van der Waals surface area contributed by atoms with E-state index >= 15 is 0 Å². The van der Waals surface area contributed by atoms with Gasteiger partial charge in [0.05, 0.1) is 11.7 Å². The fraction of sp³-hybridized carbons (Fsp3) is 0.294. The lowest BCUT2D eigenvalue weighted by atomic mass is 10.1. The summed E-state index contributed by atoms with van der Waals surface area (Å²) in [5, 5.41) is 20.0. The van der Waals surface area contributed by atoms with Crippen LogP contribution in [0.25, 0.3) is 22.0 Å². The van der Waals surface area contributed by atoms with Gasteiger partial charge in [0, 0.05) is 43.0 Å². The van der Waals surface area contributed by atoms with Crippen molar-refractivity contribution in [2.24, 2.45) is 5.92 Å². The maximum Gasteiger partial charge on any atom is 0.407 e. The average molecular weight is 338 g/mol. The molecule has 8 heteroatoms. The highest BCUT2D eigenvalue weighted by molar-refractivity contribution is 5.84. The maximum atomic E-state index is 11.0. The van der Waals surface area contributed by atoms with Crippen LogP contribution in [0.2, 0.25) is 0 Å². The molecule has 128 valence electrons. The molecule has 0 spiro atoms. The Bertz CT molecular complexity index is 895. The SMILES string of the molecule is O=C(O)N1CCC(CNc2ncc3ccc(-c4cn[nH]c4)cc3n2)C1. The van der Waals surface area contributed by atoms with Gasteiger partial charge in [-0.3, -0.25) is 5.10 Å². The first-order valence-electron chi connectivity index (χ1n) is 8.17. The first kappa shape index (κ1) is 15.4.